The molecular weight excluding hydrogens is 128 g/mol. The third-order valence-electron chi connectivity index (χ3n) is 1.23. The van der Waals surface area contributed by atoms with Gasteiger partial charge in [-0.25, -0.2) is 0 Å². The summed E-state index contributed by atoms with van der Waals surface area (Å²) in [4.78, 5) is 0. The maximum Gasteiger partial charge on any atom is 0.0163 e. The van der Waals surface area contributed by atoms with Crippen LogP contribution in [0.5, 0.6) is 0 Å². The van der Waals surface area contributed by atoms with Crippen molar-refractivity contribution >= 4 is 0 Å². The van der Waals surface area contributed by atoms with Crippen LogP contribution in [0.1, 0.15) is 26.2 Å². The Hall–Kier alpha value is -0.160. The Morgan fingerprint density at radius 1 is 1.30 bits per heavy atom. The lowest BCUT2D eigenvalue weighted by molar-refractivity contribution is 0.584. The zero-order chi connectivity index (χ0) is 8.41. The predicted molar refractivity (Wildman–Crippen MR) is 44.9 cm³/mol. The Balaban J connectivity index is 0. The molecule has 4 nitrogen and oxygen atoms in total. The van der Waals surface area contributed by atoms with E-state index in [4.69, 9.17) is 11.5 Å². The van der Waals surface area contributed by atoms with Crippen LogP contribution in [-0.2, 0) is 0 Å². The fourth-order valence-corrected chi connectivity index (χ4v) is 0.584. The van der Waals surface area contributed by atoms with E-state index in [-0.39, 0.29) is 6.04 Å². The summed E-state index contributed by atoms with van der Waals surface area (Å²) in [7, 11) is 0. The summed E-state index contributed by atoms with van der Waals surface area (Å²) in [5.41, 5.74) is 10.8. The Kier molecular flexibility index (Phi) is 14.5. The van der Waals surface area contributed by atoms with Crippen molar-refractivity contribution in [1.82, 2.24) is 0 Å². The molecule has 0 spiro atoms. The second-order valence-electron chi connectivity index (χ2n) is 2.14. The fraction of sp³-hybridized carbons (Fsp3) is 1.00. The summed E-state index contributed by atoms with van der Waals surface area (Å²) in [6, 6.07) is 0.231. The van der Waals surface area contributed by atoms with Crippen molar-refractivity contribution in [2.45, 2.75) is 32.2 Å². The molecule has 1 unspecified atom stereocenters. The average Bonchev–Trinajstić information content (AvgIpc) is 2.04. The standard InChI is InChI=1S/C6H16N2.H4N2/c1-2-3-4-6(8)5-7;1-2/h6H,2-5,7-8H2,1H3;1-2H2. The van der Waals surface area contributed by atoms with Gasteiger partial charge in [-0.2, -0.15) is 0 Å². The molecule has 0 aromatic carbocycles. The normalized spacial score (nSPS) is 11.7. The van der Waals surface area contributed by atoms with Gasteiger partial charge in [-0.3, -0.25) is 11.7 Å². The number of hydrogen-bond acceptors (Lipinski definition) is 4. The van der Waals surface area contributed by atoms with Crippen LogP contribution in [0.25, 0.3) is 0 Å². The number of rotatable bonds is 4. The summed E-state index contributed by atoms with van der Waals surface area (Å²) in [5.74, 6) is 8.00. The molecule has 0 aliphatic heterocycles. The highest BCUT2D eigenvalue weighted by molar-refractivity contribution is 4.59. The van der Waals surface area contributed by atoms with Crippen molar-refractivity contribution in [2.24, 2.45) is 23.2 Å². The Morgan fingerprint density at radius 2 is 1.80 bits per heavy atom. The highest BCUT2D eigenvalue weighted by Crippen LogP contribution is 1.95. The summed E-state index contributed by atoms with van der Waals surface area (Å²) in [6.07, 6.45) is 3.50. The largest absolute Gasteiger partial charge is 0.329 e. The highest BCUT2D eigenvalue weighted by Gasteiger charge is 1.95. The van der Waals surface area contributed by atoms with E-state index in [2.05, 4.69) is 18.6 Å². The third kappa shape index (κ3) is 10.8. The van der Waals surface area contributed by atoms with Gasteiger partial charge in [-0.05, 0) is 6.42 Å². The van der Waals surface area contributed by atoms with Gasteiger partial charge in [0.25, 0.3) is 0 Å². The molecular formula is C6H20N4. The van der Waals surface area contributed by atoms with Crippen LogP contribution in [-0.4, -0.2) is 12.6 Å². The van der Waals surface area contributed by atoms with Crippen LogP contribution >= 0.6 is 0 Å². The smallest absolute Gasteiger partial charge is 0.0163 e. The molecule has 0 aromatic rings. The maximum atomic E-state index is 5.53. The van der Waals surface area contributed by atoms with Crippen LogP contribution in [0.3, 0.4) is 0 Å². The first kappa shape index (κ1) is 12.5. The first-order valence-corrected chi connectivity index (χ1v) is 3.60. The minimum atomic E-state index is 0.231. The molecule has 0 aromatic heterocycles. The second-order valence-corrected chi connectivity index (χ2v) is 2.14. The molecule has 64 valence electrons. The van der Waals surface area contributed by atoms with Crippen molar-refractivity contribution in [3.63, 3.8) is 0 Å². The molecule has 0 saturated heterocycles. The van der Waals surface area contributed by atoms with Crippen molar-refractivity contribution in [3.8, 4) is 0 Å². The van der Waals surface area contributed by atoms with E-state index < -0.39 is 0 Å². The molecule has 0 bridgehead atoms. The van der Waals surface area contributed by atoms with Gasteiger partial charge in [0.1, 0.15) is 0 Å². The lowest BCUT2D eigenvalue weighted by atomic mass is 10.1. The minimum Gasteiger partial charge on any atom is -0.329 e. The molecule has 0 aliphatic carbocycles. The Bertz CT molecular complexity index is 49.0. The van der Waals surface area contributed by atoms with E-state index in [1.54, 1.807) is 0 Å². The molecule has 8 N–H and O–H groups in total. The van der Waals surface area contributed by atoms with Crippen molar-refractivity contribution in [3.05, 3.63) is 0 Å². The first-order valence-electron chi connectivity index (χ1n) is 3.60. The van der Waals surface area contributed by atoms with Crippen LogP contribution < -0.4 is 23.2 Å². The molecule has 4 heteroatoms. The number of hydrogen-bond donors (Lipinski definition) is 4. The van der Waals surface area contributed by atoms with Crippen molar-refractivity contribution in [2.75, 3.05) is 6.54 Å². The second kappa shape index (κ2) is 11.6. The molecule has 0 fully saturated rings. The van der Waals surface area contributed by atoms with E-state index in [0.717, 1.165) is 6.42 Å². The van der Waals surface area contributed by atoms with E-state index in [0.29, 0.717) is 6.54 Å². The first-order chi connectivity index (χ1) is 4.81. The van der Waals surface area contributed by atoms with Crippen molar-refractivity contribution in [1.29, 1.82) is 0 Å². The summed E-state index contributed by atoms with van der Waals surface area (Å²) >= 11 is 0. The third-order valence-corrected chi connectivity index (χ3v) is 1.23. The SMILES string of the molecule is CCCCC(N)CN.NN. The van der Waals surface area contributed by atoms with Gasteiger partial charge in [0.2, 0.25) is 0 Å². The van der Waals surface area contributed by atoms with Crippen LogP contribution in [0.15, 0.2) is 0 Å². The van der Waals surface area contributed by atoms with Crippen LogP contribution in [0.4, 0.5) is 0 Å². The van der Waals surface area contributed by atoms with Crippen molar-refractivity contribution < 1.29 is 0 Å². The van der Waals surface area contributed by atoms with Gasteiger partial charge in [-0.1, -0.05) is 19.8 Å². The Labute approximate surface area is 62.9 Å². The lowest BCUT2D eigenvalue weighted by Gasteiger charge is -2.04. The van der Waals surface area contributed by atoms with E-state index >= 15 is 0 Å². The zero-order valence-electron chi connectivity index (χ0n) is 6.72. The molecule has 0 rings (SSSR count). The summed E-state index contributed by atoms with van der Waals surface area (Å²) < 4.78 is 0. The topological polar surface area (TPSA) is 104 Å². The lowest BCUT2D eigenvalue weighted by Crippen LogP contribution is -2.29. The fourth-order valence-electron chi connectivity index (χ4n) is 0.584. The number of hydrazine groups is 1. The van der Waals surface area contributed by atoms with Gasteiger partial charge in [0.15, 0.2) is 0 Å². The zero-order valence-corrected chi connectivity index (χ0v) is 6.72. The van der Waals surface area contributed by atoms with E-state index in [1.165, 1.54) is 12.8 Å². The van der Waals surface area contributed by atoms with E-state index in [1.807, 2.05) is 0 Å². The van der Waals surface area contributed by atoms with Gasteiger partial charge < -0.3 is 11.5 Å². The van der Waals surface area contributed by atoms with Gasteiger partial charge in [0, 0.05) is 12.6 Å². The van der Waals surface area contributed by atoms with Gasteiger partial charge in [0.05, 0.1) is 0 Å². The summed E-state index contributed by atoms with van der Waals surface area (Å²) in [6.45, 7) is 2.78. The van der Waals surface area contributed by atoms with Gasteiger partial charge >= 0.3 is 0 Å². The van der Waals surface area contributed by atoms with E-state index in [9.17, 15) is 0 Å². The quantitative estimate of drug-likeness (QED) is 0.312. The predicted octanol–water partition coefficient (Wildman–Crippen LogP) is -0.719. The molecule has 0 radical (unpaired) electrons. The Morgan fingerprint density at radius 3 is 2.10 bits per heavy atom. The average molecular weight is 148 g/mol. The molecule has 0 saturated carbocycles. The molecule has 10 heavy (non-hydrogen) atoms. The number of nitrogens with two attached hydrogens (primary N) is 4. The number of unbranched alkanes of at least 4 members (excludes halogenated alkanes) is 1. The monoisotopic (exact) mass is 148 g/mol. The van der Waals surface area contributed by atoms with Crippen LogP contribution in [0, 0.1) is 0 Å². The molecule has 0 amide bonds. The molecule has 1 atom stereocenters. The van der Waals surface area contributed by atoms with Gasteiger partial charge in [-0.15, -0.1) is 0 Å². The molecule has 0 heterocycles. The summed E-state index contributed by atoms with van der Waals surface area (Å²) in [5, 5.41) is 0. The minimum absolute atomic E-state index is 0.231. The maximum absolute atomic E-state index is 5.53. The highest BCUT2D eigenvalue weighted by atomic mass is 15.0. The molecule has 0 aliphatic rings. The van der Waals surface area contributed by atoms with Crippen LogP contribution in [0.2, 0.25) is 0 Å².